The quantitative estimate of drug-likeness (QED) is 0.0259. The number of pyridine rings is 2. The van der Waals surface area contributed by atoms with Gasteiger partial charge in [0.25, 0.3) is 11.1 Å². The molecule has 6 aromatic heterocycles. The maximum Gasteiger partial charge on any atom is 0.256 e. The van der Waals surface area contributed by atoms with Gasteiger partial charge in [-0.25, -0.2) is 9.37 Å². The molecule has 6 heterocycles. The number of rotatable bonds is 23. The lowest BCUT2D eigenvalue weighted by atomic mass is 8.34. The summed E-state index contributed by atoms with van der Waals surface area (Å²) < 4.78 is 40.1. The summed E-state index contributed by atoms with van der Waals surface area (Å²) in [5.41, 5.74) is 12.9. The van der Waals surface area contributed by atoms with Crippen molar-refractivity contribution in [3.8, 4) is 29.1 Å². The first-order chi connectivity index (χ1) is 51.8. The number of aliphatic hydroxyl groups is 1. The third-order valence-corrected chi connectivity index (χ3v) is 17.4. The Morgan fingerprint density at radius 1 is 0.625 bits per heavy atom. The van der Waals surface area contributed by atoms with E-state index >= 15 is 0 Å². The summed E-state index contributed by atoms with van der Waals surface area (Å²) >= 11 is 22.1. The highest BCUT2D eigenvalue weighted by Crippen LogP contribution is 2.29. The SMILES string of the molecule is C.C.C.CCCCO.CCOC(Cl)CCl.COc1ccc(F)c(C#N)c1.COc1ccc2[nH]nc(N)c2c1.COc1ccc2[nH]nc(NC(N)=S)c2c1.COc1ccc2[nH]nc(Nc3nccs3)c2c1.O=c1ccccn1C(=S)n1ccccc1=O.[B]B([B])B(B([B])[B])B(B([B])[B])B(B(B([B])[B])B([B])[B])B(B([B])[B])B([B])[B]. The van der Waals surface area contributed by atoms with Gasteiger partial charge in [0.05, 0.1) is 56.4 Å². The van der Waals surface area contributed by atoms with Crippen molar-refractivity contribution in [2.75, 3.05) is 63.9 Å². The Hall–Kier alpha value is -6.99. The van der Waals surface area contributed by atoms with Gasteiger partial charge < -0.3 is 50.9 Å². The van der Waals surface area contributed by atoms with Crippen LogP contribution in [0.3, 0.4) is 0 Å². The molecule has 112 heavy (non-hydrogen) atoms. The number of thiazole rings is 1. The predicted octanol–water partition coefficient (Wildman–Crippen LogP) is 2.16. The van der Waals surface area contributed by atoms with Gasteiger partial charge in [-0.1, -0.05) is 59.4 Å². The highest BCUT2D eigenvalue weighted by atomic mass is 35.5. The van der Waals surface area contributed by atoms with Crippen LogP contribution in [0.2, 0.25) is 0 Å². The summed E-state index contributed by atoms with van der Waals surface area (Å²) in [6.07, 6.45) is -4.00. The number of aromatic amines is 3. The highest BCUT2D eigenvalue weighted by Gasteiger charge is 2.49. The standard InChI is InChI=1S/C11H10N4OS.C11H8N2O2S.C9H10N4OS.C8H6FNO.C8H9N3O.C4H8Cl2O.C4H10O.3CH4.B26/c1-16-7-2-3-9-8(6-7)10(15-14-9)13-11-12-4-5-17-11;14-9-5-1-3-7-12(9)11(16)13-8-4-2-6-10(13)15;1-14-5-2-3-7-6(4-5)8(13-12-7)11-9(10)15;1-11-7-2-3-8(9)6(4-7)5-10;1-12-5-2-3-7-6(4-5)8(9)11-10-7;1-2-7-4(6)3-5;1-2-3-4-5;;;;1-15(2)22(16(3)4)25(21(13)14)26(23(17(5)6)18(7)8)24(19(9)10)20(11)12/h2-6H,1H3,(H2,12,13,14,15);1-8H;2-4H,1H3,(H4,10,11,12,13,15);2-4H,1H3;2-4H,1H3,(H3,9,10,11);4H,2-3H2,1H3;5H,2-4H2,1H3;3*1H4;. The van der Waals surface area contributed by atoms with Gasteiger partial charge in [0, 0.05) is 256 Å². The van der Waals surface area contributed by atoms with Gasteiger partial charge >= 0.3 is 0 Å². The fourth-order valence-corrected chi connectivity index (χ4v) is 11.5. The average molecular weight is 1560 g/mol. The molecule has 28 radical (unpaired) electrons. The van der Waals surface area contributed by atoms with Crippen molar-refractivity contribution in [3.05, 3.63) is 165 Å². The van der Waals surface area contributed by atoms with Gasteiger partial charge in [-0.05, 0) is 117 Å². The zero-order valence-corrected chi connectivity index (χ0v) is 64.7. The Bertz CT molecular complexity index is 4420. The number of unbranched alkanes of at least 4 members (excludes halogenated alkanes) is 1. The number of nitrogens with two attached hydrogens (primary N) is 2. The molecule has 0 amide bonds. The van der Waals surface area contributed by atoms with E-state index in [1.165, 1.54) is 70.3 Å². The summed E-state index contributed by atoms with van der Waals surface area (Å²) in [4.78, 5) is 27.2. The van der Waals surface area contributed by atoms with Crippen molar-refractivity contribution in [2.24, 2.45) is 5.73 Å². The Morgan fingerprint density at radius 3 is 1.38 bits per heavy atom. The number of benzene rings is 4. The molecule has 22 nitrogen and oxygen atoms in total. The number of nitrogens with zero attached hydrogens (tertiary/aromatic N) is 7. The number of alkyl halides is 2. The first-order valence-electron chi connectivity index (χ1n) is 33.0. The number of hydrogen-bond donors (Lipinski definition) is 8. The second-order valence-corrected chi connectivity index (χ2v) is 25.5. The number of nitriles is 1. The first-order valence-corrected chi connectivity index (χ1v) is 35.7. The van der Waals surface area contributed by atoms with E-state index in [-0.39, 0.29) is 54.7 Å². The van der Waals surface area contributed by atoms with Crippen LogP contribution in [-0.4, -0.2) is 298 Å². The van der Waals surface area contributed by atoms with Gasteiger partial charge in [0.2, 0.25) is 0 Å². The summed E-state index contributed by atoms with van der Waals surface area (Å²) in [5.74, 6) is 4.55. The Balaban J connectivity index is 0.00000129. The second kappa shape index (κ2) is 55.5. The van der Waals surface area contributed by atoms with Crippen molar-refractivity contribution in [1.29, 1.82) is 5.26 Å². The fourth-order valence-electron chi connectivity index (χ4n) is 10.3. The van der Waals surface area contributed by atoms with Gasteiger partial charge in [0.1, 0.15) is 40.4 Å². The summed E-state index contributed by atoms with van der Waals surface area (Å²) in [6, 6.07) is 32.1. The molecule has 10 N–H and O–H groups in total. The van der Waals surface area contributed by atoms with Crippen LogP contribution in [-0.2, 0) is 4.74 Å². The molecule has 1 atom stereocenters. The number of nitrogen functional groups attached to an aromatic ring is 1. The van der Waals surface area contributed by atoms with Crippen LogP contribution < -0.4 is 52.2 Å². The smallest absolute Gasteiger partial charge is 0.256 e. The van der Waals surface area contributed by atoms with E-state index in [1.807, 2.05) is 66.9 Å². The lowest BCUT2D eigenvalue weighted by Gasteiger charge is -2.48. The number of hydrogen-bond acceptors (Lipinski definition) is 18. The molecule has 10 rings (SSSR count). The fraction of sp³-hybridized carbons (Fsp3) is 0.259. The van der Waals surface area contributed by atoms with Gasteiger partial charge in [-0.15, -0.1) is 22.9 Å². The molecule has 0 saturated heterocycles. The molecule has 540 valence electrons. The molecule has 0 aliphatic heterocycles. The molecule has 54 heteroatoms. The first kappa shape index (κ1) is 105. The highest BCUT2D eigenvalue weighted by molar-refractivity contribution is 8.25. The van der Waals surface area contributed by atoms with Gasteiger partial charge in [-0.3, -0.25) is 34.0 Å². The van der Waals surface area contributed by atoms with Crippen molar-refractivity contribution < 1.29 is 33.2 Å². The molecule has 10 aromatic rings. The third kappa shape index (κ3) is 33.8. The number of methoxy groups -OCH3 is 4. The van der Waals surface area contributed by atoms with Crippen LogP contribution in [0.4, 0.5) is 27.0 Å². The maximum absolute atomic E-state index is 12.6. The third-order valence-electron chi connectivity index (χ3n) is 15.5. The second-order valence-electron chi connectivity index (χ2n) is 23.0. The van der Waals surface area contributed by atoms with E-state index in [1.54, 1.807) is 57.9 Å². The number of aliphatic hydroxyl groups excluding tert-OH is 1. The molecule has 0 saturated carbocycles. The number of H-pyrrole nitrogens is 3. The summed E-state index contributed by atoms with van der Waals surface area (Å²) in [6.45, 7) is 4.90. The normalized spacial score (nSPS) is 9.83. The molecule has 0 spiro atoms. The van der Waals surface area contributed by atoms with E-state index in [2.05, 4.69) is 53.1 Å². The minimum atomic E-state index is -1.02. The lowest BCUT2D eigenvalue weighted by molar-refractivity contribution is 0.134. The molecular formula is C58H73B26Cl2FN14O8S3. The van der Waals surface area contributed by atoms with Crippen LogP contribution >= 0.6 is 59.0 Å². The number of thiocarbonyl (C=S) groups is 2. The van der Waals surface area contributed by atoms with Crippen LogP contribution in [0.25, 0.3) is 32.7 Å². The summed E-state index contributed by atoms with van der Waals surface area (Å²) in [5, 5.41) is 49.0. The maximum atomic E-state index is 12.6. The van der Waals surface area contributed by atoms with Crippen molar-refractivity contribution in [2.45, 2.75) is 54.5 Å². The van der Waals surface area contributed by atoms with Crippen LogP contribution in [0.1, 0.15) is 54.5 Å². The largest absolute Gasteiger partial charge is 0.497 e. The zero-order chi connectivity index (χ0) is 81.6. The zero-order valence-electron chi connectivity index (χ0n) is 60.8. The number of aromatic nitrogens is 9. The van der Waals surface area contributed by atoms with E-state index in [4.69, 9.17) is 201 Å². The Morgan fingerprint density at radius 2 is 1.03 bits per heavy atom. The number of fused-ring (bicyclic) bond motifs is 3. The minimum Gasteiger partial charge on any atom is -0.497 e. The number of nitrogens with one attached hydrogen (secondary N) is 5. The van der Waals surface area contributed by atoms with E-state index < -0.39 is 82.4 Å². The monoisotopic (exact) mass is 1560 g/mol. The van der Waals surface area contributed by atoms with Gasteiger partial charge in [0.15, 0.2) is 32.8 Å². The van der Waals surface area contributed by atoms with Gasteiger partial charge in [-0.2, -0.15) is 20.6 Å². The number of halogens is 3. The van der Waals surface area contributed by atoms with Crippen LogP contribution in [0.5, 0.6) is 23.0 Å². The number of anilines is 4. The van der Waals surface area contributed by atoms with E-state index in [0.717, 1.165) is 73.7 Å². The average Bonchev–Trinajstić information content (AvgIpc) is 0.987. The molecule has 0 bridgehead atoms. The van der Waals surface area contributed by atoms with Crippen molar-refractivity contribution in [3.63, 3.8) is 0 Å². The molecule has 4 aromatic carbocycles. The van der Waals surface area contributed by atoms with Crippen molar-refractivity contribution >= 4 is 309 Å². The van der Waals surface area contributed by atoms with Crippen molar-refractivity contribution in [1.82, 2.24) is 44.7 Å². The molecule has 1 unspecified atom stereocenters. The predicted molar refractivity (Wildman–Crippen MR) is 504 cm³/mol. The van der Waals surface area contributed by atoms with E-state index in [9.17, 15) is 14.0 Å². The Labute approximate surface area is 705 Å². The molecule has 0 aliphatic rings. The lowest BCUT2D eigenvalue weighted by Crippen LogP contribution is -2.86. The van der Waals surface area contributed by atoms with E-state index in [0.29, 0.717) is 36.5 Å². The minimum absolute atomic E-state index is 0. The molecule has 0 aliphatic carbocycles. The topological polar surface area (TPSA) is 309 Å². The Kier molecular flexibility index (Phi) is 52.0. The molecule has 0 fully saturated rings. The van der Waals surface area contributed by atoms with Crippen LogP contribution in [0, 0.1) is 17.1 Å². The molecular weight excluding hydrogens is 1490 g/mol. The van der Waals surface area contributed by atoms with Crippen LogP contribution in [0.15, 0.2) is 143 Å². The number of ether oxygens (including phenoxy) is 5. The summed E-state index contributed by atoms with van der Waals surface area (Å²) in [7, 11) is 89.2.